The number of aryl methyl sites for hydroxylation is 1. The van der Waals surface area contributed by atoms with Crippen molar-refractivity contribution in [1.29, 1.82) is 0 Å². The average Bonchev–Trinajstić information content (AvgIpc) is 3.15. The lowest BCUT2D eigenvalue weighted by molar-refractivity contribution is -0.131. The van der Waals surface area contributed by atoms with Crippen molar-refractivity contribution in [2.24, 2.45) is 0 Å². The third-order valence-electron chi connectivity index (χ3n) is 4.46. The van der Waals surface area contributed by atoms with Crippen LogP contribution >= 0.6 is 0 Å². The number of rotatable bonds is 5. The molecule has 0 bridgehead atoms. The van der Waals surface area contributed by atoms with Gasteiger partial charge < -0.3 is 10.2 Å². The summed E-state index contributed by atoms with van der Waals surface area (Å²) in [5.41, 5.74) is 1.24. The van der Waals surface area contributed by atoms with E-state index in [-0.39, 0.29) is 30.4 Å². The molecule has 122 valence electrons. The molecular weight excluding hydrogens is 294 g/mol. The van der Waals surface area contributed by atoms with Crippen LogP contribution in [0.2, 0.25) is 0 Å². The molecule has 1 aromatic rings. The molecule has 23 heavy (non-hydrogen) atoms. The Morgan fingerprint density at radius 1 is 1.22 bits per heavy atom. The highest BCUT2D eigenvalue weighted by atomic mass is 16.2. The van der Waals surface area contributed by atoms with E-state index in [1.165, 1.54) is 10.5 Å². The van der Waals surface area contributed by atoms with Crippen LogP contribution in [-0.4, -0.2) is 53.3 Å². The Labute approximate surface area is 135 Å². The van der Waals surface area contributed by atoms with E-state index in [0.29, 0.717) is 25.9 Å². The SMILES string of the molecule is O=C(CCCc1ccccc1)N1CCC(N2C(=O)CNC2=O)C1. The first kappa shape index (κ1) is 15.5. The van der Waals surface area contributed by atoms with Gasteiger partial charge in [-0.2, -0.15) is 0 Å². The van der Waals surface area contributed by atoms with Gasteiger partial charge in [0.1, 0.15) is 0 Å². The molecule has 0 aliphatic carbocycles. The zero-order valence-electron chi connectivity index (χ0n) is 13.0. The lowest BCUT2D eigenvalue weighted by atomic mass is 10.1. The summed E-state index contributed by atoms with van der Waals surface area (Å²) in [5, 5.41) is 2.53. The zero-order valence-corrected chi connectivity index (χ0v) is 13.0. The lowest BCUT2D eigenvalue weighted by Gasteiger charge is -2.21. The third kappa shape index (κ3) is 3.52. The van der Waals surface area contributed by atoms with Crippen LogP contribution in [0, 0.1) is 0 Å². The van der Waals surface area contributed by atoms with Gasteiger partial charge >= 0.3 is 6.03 Å². The summed E-state index contributed by atoms with van der Waals surface area (Å²) in [5.74, 6) is -0.0890. The number of urea groups is 1. The minimum Gasteiger partial charge on any atom is -0.341 e. The average molecular weight is 315 g/mol. The van der Waals surface area contributed by atoms with Gasteiger partial charge in [0, 0.05) is 19.5 Å². The predicted octanol–water partition coefficient (Wildman–Crippen LogP) is 1.16. The number of likely N-dealkylation sites (tertiary alicyclic amines) is 1. The van der Waals surface area contributed by atoms with Crippen LogP contribution in [0.4, 0.5) is 4.79 Å². The van der Waals surface area contributed by atoms with Crippen LogP contribution in [-0.2, 0) is 16.0 Å². The molecule has 4 amide bonds. The van der Waals surface area contributed by atoms with Crippen LogP contribution in [0.15, 0.2) is 30.3 Å². The highest BCUT2D eigenvalue weighted by Gasteiger charge is 2.39. The van der Waals surface area contributed by atoms with E-state index in [2.05, 4.69) is 17.4 Å². The van der Waals surface area contributed by atoms with Crippen molar-refractivity contribution in [3.8, 4) is 0 Å². The van der Waals surface area contributed by atoms with Crippen molar-refractivity contribution in [3.63, 3.8) is 0 Å². The van der Waals surface area contributed by atoms with Gasteiger partial charge in [-0.05, 0) is 24.8 Å². The normalized spacial score (nSPS) is 21.0. The number of carbonyl (C=O) groups excluding carboxylic acids is 3. The van der Waals surface area contributed by atoms with Gasteiger partial charge in [0.15, 0.2) is 0 Å². The second-order valence-corrected chi connectivity index (χ2v) is 6.04. The number of hydrogen-bond donors (Lipinski definition) is 1. The number of carbonyl (C=O) groups is 3. The summed E-state index contributed by atoms with van der Waals surface area (Å²) in [7, 11) is 0. The topological polar surface area (TPSA) is 69.7 Å². The van der Waals surface area contributed by atoms with Crippen molar-refractivity contribution >= 4 is 17.8 Å². The Morgan fingerprint density at radius 2 is 2.00 bits per heavy atom. The molecule has 0 saturated carbocycles. The highest BCUT2D eigenvalue weighted by molar-refractivity contribution is 6.02. The Bertz CT molecular complexity index is 586. The van der Waals surface area contributed by atoms with Gasteiger partial charge in [-0.25, -0.2) is 4.79 Å². The molecular formula is C17H21N3O3. The molecule has 2 aliphatic rings. The molecule has 1 atom stereocenters. The Kier molecular flexibility index (Phi) is 4.60. The standard InChI is InChI=1S/C17H21N3O3/c21-15(8-4-7-13-5-2-1-3-6-13)19-10-9-14(12-19)20-16(22)11-18-17(20)23/h1-3,5-6,14H,4,7-12H2,(H,18,23). The summed E-state index contributed by atoms with van der Waals surface area (Å²) >= 11 is 0. The Hall–Kier alpha value is -2.37. The van der Waals surface area contributed by atoms with E-state index >= 15 is 0 Å². The second kappa shape index (κ2) is 6.81. The van der Waals surface area contributed by atoms with Crippen LogP contribution in [0.1, 0.15) is 24.8 Å². The monoisotopic (exact) mass is 315 g/mol. The first-order valence-corrected chi connectivity index (χ1v) is 8.07. The highest BCUT2D eigenvalue weighted by Crippen LogP contribution is 2.19. The molecule has 1 unspecified atom stereocenters. The quantitative estimate of drug-likeness (QED) is 0.829. The van der Waals surface area contributed by atoms with Gasteiger partial charge in [0.2, 0.25) is 11.8 Å². The van der Waals surface area contributed by atoms with Crippen LogP contribution in [0.5, 0.6) is 0 Å². The maximum atomic E-state index is 12.3. The van der Waals surface area contributed by atoms with Crippen LogP contribution < -0.4 is 5.32 Å². The summed E-state index contributed by atoms with van der Waals surface area (Å²) in [4.78, 5) is 38.7. The number of nitrogens with one attached hydrogen (secondary N) is 1. The van der Waals surface area contributed by atoms with E-state index in [1.54, 1.807) is 4.90 Å². The lowest BCUT2D eigenvalue weighted by Crippen LogP contribution is -2.42. The van der Waals surface area contributed by atoms with Gasteiger partial charge in [0.05, 0.1) is 12.6 Å². The largest absolute Gasteiger partial charge is 0.341 e. The summed E-state index contributed by atoms with van der Waals surface area (Å²) in [6, 6.07) is 9.60. The number of hydrogen-bond acceptors (Lipinski definition) is 3. The first-order valence-electron chi connectivity index (χ1n) is 8.07. The molecule has 2 saturated heterocycles. The van der Waals surface area contributed by atoms with Gasteiger partial charge in [-0.1, -0.05) is 30.3 Å². The van der Waals surface area contributed by atoms with Crippen molar-refractivity contribution in [2.45, 2.75) is 31.7 Å². The fourth-order valence-electron chi connectivity index (χ4n) is 3.23. The zero-order chi connectivity index (χ0) is 16.2. The van der Waals surface area contributed by atoms with Crippen molar-refractivity contribution in [1.82, 2.24) is 15.1 Å². The second-order valence-electron chi connectivity index (χ2n) is 6.04. The van der Waals surface area contributed by atoms with Crippen LogP contribution in [0.3, 0.4) is 0 Å². The first-order chi connectivity index (χ1) is 11.1. The number of amides is 4. The third-order valence-corrected chi connectivity index (χ3v) is 4.46. The number of nitrogens with zero attached hydrogens (tertiary/aromatic N) is 2. The van der Waals surface area contributed by atoms with Crippen molar-refractivity contribution in [2.75, 3.05) is 19.6 Å². The fourth-order valence-corrected chi connectivity index (χ4v) is 3.23. The smallest absolute Gasteiger partial charge is 0.324 e. The van der Waals surface area contributed by atoms with Gasteiger partial charge in [0.25, 0.3) is 0 Å². The molecule has 0 spiro atoms. The Morgan fingerprint density at radius 3 is 2.70 bits per heavy atom. The van der Waals surface area contributed by atoms with E-state index < -0.39 is 0 Å². The number of benzene rings is 1. The molecule has 2 fully saturated rings. The van der Waals surface area contributed by atoms with Gasteiger partial charge in [-0.15, -0.1) is 0 Å². The maximum Gasteiger partial charge on any atom is 0.324 e. The van der Waals surface area contributed by atoms with Crippen molar-refractivity contribution in [3.05, 3.63) is 35.9 Å². The molecule has 2 heterocycles. The van der Waals surface area contributed by atoms with E-state index in [9.17, 15) is 14.4 Å². The molecule has 2 aliphatic heterocycles. The molecule has 0 aromatic heterocycles. The molecule has 3 rings (SSSR count). The molecule has 6 nitrogen and oxygen atoms in total. The number of imide groups is 1. The molecule has 1 N–H and O–H groups in total. The van der Waals surface area contributed by atoms with E-state index in [0.717, 1.165) is 12.8 Å². The molecule has 6 heteroatoms. The fraction of sp³-hybridized carbons (Fsp3) is 0.471. The van der Waals surface area contributed by atoms with Gasteiger partial charge in [-0.3, -0.25) is 14.5 Å². The molecule has 0 radical (unpaired) electrons. The Balaban J connectivity index is 1.46. The summed E-state index contributed by atoms with van der Waals surface area (Å²) in [6.45, 7) is 1.15. The summed E-state index contributed by atoms with van der Waals surface area (Å²) in [6.07, 6.45) is 2.87. The van der Waals surface area contributed by atoms with E-state index in [4.69, 9.17) is 0 Å². The minimum atomic E-state index is -0.335. The van der Waals surface area contributed by atoms with Crippen LogP contribution in [0.25, 0.3) is 0 Å². The minimum absolute atomic E-state index is 0.0698. The summed E-state index contributed by atoms with van der Waals surface area (Å²) < 4.78 is 0. The maximum absolute atomic E-state index is 12.3. The van der Waals surface area contributed by atoms with Crippen molar-refractivity contribution < 1.29 is 14.4 Å². The predicted molar refractivity (Wildman–Crippen MR) is 84.6 cm³/mol. The van der Waals surface area contributed by atoms with E-state index in [1.807, 2.05) is 18.2 Å². The molecule has 1 aromatic carbocycles.